The van der Waals surface area contributed by atoms with Gasteiger partial charge in [-0.2, -0.15) is 5.10 Å². The maximum absolute atomic E-state index is 4.51. The number of thiophene rings is 1. The van der Waals surface area contributed by atoms with Crippen LogP contribution < -0.4 is 0 Å². The highest BCUT2D eigenvalue weighted by Crippen LogP contribution is 2.33. The third-order valence-electron chi connectivity index (χ3n) is 1.95. The van der Waals surface area contributed by atoms with Gasteiger partial charge in [-0.3, -0.25) is 5.10 Å². The van der Waals surface area contributed by atoms with Crippen LogP contribution in [0.1, 0.15) is 0 Å². The molecule has 3 rings (SSSR count). The average molecular weight is 313 g/mol. The minimum Gasteiger partial charge on any atom is -0.257 e. The highest BCUT2D eigenvalue weighted by molar-refractivity contribution is 9.11. The second-order valence-electron chi connectivity index (χ2n) is 2.98. The van der Waals surface area contributed by atoms with E-state index in [2.05, 4.69) is 36.1 Å². The Morgan fingerprint density at radius 3 is 2.94 bits per heavy atom. The Hall–Kier alpha value is -1.05. The number of aromatic nitrogens is 4. The van der Waals surface area contributed by atoms with Crippen LogP contribution in [-0.2, 0) is 0 Å². The van der Waals surface area contributed by atoms with Gasteiger partial charge in [0.2, 0.25) is 0 Å². The Morgan fingerprint density at radius 2 is 2.25 bits per heavy atom. The summed E-state index contributed by atoms with van der Waals surface area (Å²) < 4.78 is 1.11. The second-order valence-corrected chi connectivity index (χ2v) is 6.30. The van der Waals surface area contributed by atoms with Crippen LogP contribution in [0.15, 0.2) is 27.6 Å². The highest BCUT2D eigenvalue weighted by atomic mass is 79.9. The molecule has 7 heteroatoms. The van der Waals surface area contributed by atoms with Crippen molar-refractivity contribution < 1.29 is 0 Å². The summed E-state index contributed by atoms with van der Waals surface area (Å²) in [5.41, 5.74) is 0.979. The van der Waals surface area contributed by atoms with E-state index in [1.54, 1.807) is 22.7 Å². The molecule has 0 aliphatic heterocycles. The van der Waals surface area contributed by atoms with Crippen LogP contribution in [-0.4, -0.2) is 20.2 Å². The number of rotatable bonds is 2. The number of halogens is 1. The maximum Gasteiger partial charge on any atom is 0.184 e. The molecule has 16 heavy (non-hydrogen) atoms. The van der Waals surface area contributed by atoms with E-state index in [1.807, 2.05) is 17.5 Å². The van der Waals surface area contributed by atoms with Crippen LogP contribution in [0.25, 0.3) is 21.4 Å². The van der Waals surface area contributed by atoms with Gasteiger partial charge in [-0.25, -0.2) is 9.97 Å². The summed E-state index contributed by atoms with van der Waals surface area (Å²) in [6.07, 6.45) is 1.48. The van der Waals surface area contributed by atoms with Gasteiger partial charge in [0, 0.05) is 5.38 Å². The van der Waals surface area contributed by atoms with Gasteiger partial charge in [0.15, 0.2) is 10.8 Å². The van der Waals surface area contributed by atoms with Crippen LogP contribution in [0.4, 0.5) is 0 Å². The lowest BCUT2D eigenvalue weighted by Gasteiger charge is -1.88. The van der Waals surface area contributed by atoms with Crippen LogP contribution in [0, 0.1) is 0 Å². The normalized spacial score (nSPS) is 10.8. The van der Waals surface area contributed by atoms with Crippen molar-refractivity contribution in [1.82, 2.24) is 20.2 Å². The predicted octanol–water partition coefficient (Wildman–Crippen LogP) is 3.42. The van der Waals surface area contributed by atoms with Gasteiger partial charge in [-0.05, 0) is 28.1 Å². The summed E-state index contributed by atoms with van der Waals surface area (Å²) in [5, 5.41) is 9.50. The minimum absolute atomic E-state index is 0.715. The third kappa shape index (κ3) is 1.81. The molecule has 0 aliphatic rings. The molecule has 0 saturated carbocycles. The Balaban J connectivity index is 2.00. The largest absolute Gasteiger partial charge is 0.257 e. The minimum atomic E-state index is 0.715. The third-order valence-corrected chi connectivity index (χ3v) is 4.44. The van der Waals surface area contributed by atoms with Crippen molar-refractivity contribution in [2.45, 2.75) is 0 Å². The predicted molar refractivity (Wildman–Crippen MR) is 68.5 cm³/mol. The molecule has 0 amide bonds. The molecular formula is C9H5BrN4S2. The first kappa shape index (κ1) is 10.1. The smallest absolute Gasteiger partial charge is 0.184 e. The van der Waals surface area contributed by atoms with E-state index >= 15 is 0 Å². The molecule has 3 aromatic rings. The van der Waals surface area contributed by atoms with Crippen LogP contribution in [0.3, 0.4) is 0 Å². The zero-order valence-corrected chi connectivity index (χ0v) is 11.1. The number of nitrogens with one attached hydrogen (secondary N) is 1. The first-order valence-electron chi connectivity index (χ1n) is 4.40. The summed E-state index contributed by atoms with van der Waals surface area (Å²) in [5.74, 6) is 0.715. The Labute approximate surface area is 108 Å². The van der Waals surface area contributed by atoms with Crippen LogP contribution >= 0.6 is 38.6 Å². The SMILES string of the molecule is Brc1ccc(-c2csc(-c3ncn[nH]3)n2)s1. The van der Waals surface area contributed by atoms with Gasteiger partial charge in [0.05, 0.1) is 14.4 Å². The van der Waals surface area contributed by atoms with Crippen molar-refractivity contribution >= 4 is 38.6 Å². The van der Waals surface area contributed by atoms with Gasteiger partial charge in [0.1, 0.15) is 6.33 Å². The fourth-order valence-electron chi connectivity index (χ4n) is 1.26. The molecule has 1 N–H and O–H groups in total. The lowest BCUT2D eigenvalue weighted by Crippen LogP contribution is -1.79. The quantitative estimate of drug-likeness (QED) is 0.789. The molecule has 0 spiro atoms. The first-order chi connectivity index (χ1) is 7.83. The van der Waals surface area contributed by atoms with E-state index in [-0.39, 0.29) is 0 Å². The summed E-state index contributed by atoms with van der Waals surface area (Å²) in [4.78, 5) is 9.73. The molecule has 0 saturated heterocycles. The molecule has 0 radical (unpaired) electrons. The highest BCUT2D eigenvalue weighted by Gasteiger charge is 2.09. The van der Waals surface area contributed by atoms with Crippen molar-refractivity contribution in [3.63, 3.8) is 0 Å². The topological polar surface area (TPSA) is 54.5 Å². The van der Waals surface area contributed by atoms with E-state index in [9.17, 15) is 0 Å². The first-order valence-corrected chi connectivity index (χ1v) is 6.89. The molecule has 3 heterocycles. The molecule has 0 atom stereocenters. The fourth-order valence-corrected chi connectivity index (χ4v) is 3.44. The van der Waals surface area contributed by atoms with Gasteiger partial charge in [-0.1, -0.05) is 0 Å². The van der Waals surface area contributed by atoms with Crippen molar-refractivity contribution in [3.05, 3.63) is 27.6 Å². The summed E-state index contributed by atoms with van der Waals surface area (Å²) in [6, 6.07) is 4.07. The zero-order valence-electron chi connectivity index (χ0n) is 7.85. The Bertz CT molecular complexity index is 599. The molecular weight excluding hydrogens is 308 g/mol. The number of nitrogens with zero attached hydrogens (tertiary/aromatic N) is 3. The van der Waals surface area contributed by atoms with Crippen molar-refractivity contribution in [2.24, 2.45) is 0 Å². The van der Waals surface area contributed by atoms with Gasteiger partial charge in [-0.15, -0.1) is 22.7 Å². The molecule has 80 valence electrons. The lowest BCUT2D eigenvalue weighted by molar-refractivity contribution is 1.09. The zero-order chi connectivity index (χ0) is 11.0. The number of hydrogen-bond donors (Lipinski definition) is 1. The summed E-state index contributed by atoms with van der Waals surface area (Å²) >= 11 is 6.66. The van der Waals surface area contributed by atoms with Crippen LogP contribution in [0.2, 0.25) is 0 Å². The van der Waals surface area contributed by atoms with Crippen molar-refractivity contribution in [2.75, 3.05) is 0 Å². The fraction of sp³-hybridized carbons (Fsp3) is 0. The molecule has 0 aliphatic carbocycles. The number of H-pyrrole nitrogens is 1. The molecule has 0 fully saturated rings. The van der Waals surface area contributed by atoms with Gasteiger partial charge >= 0.3 is 0 Å². The maximum atomic E-state index is 4.51. The van der Waals surface area contributed by atoms with Crippen LogP contribution in [0.5, 0.6) is 0 Å². The lowest BCUT2D eigenvalue weighted by atomic mass is 10.4. The van der Waals surface area contributed by atoms with E-state index in [0.717, 1.165) is 19.4 Å². The monoisotopic (exact) mass is 312 g/mol. The van der Waals surface area contributed by atoms with Crippen molar-refractivity contribution in [1.29, 1.82) is 0 Å². The summed E-state index contributed by atoms with van der Waals surface area (Å²) in [7, 11) is 0. The molecule has 0 aromatic carbocycles. The number of hydrogen-bond acceptors (Lipinski definition) is 5. The molecule has 0 unspecified atom stereocenters. The van der Waals surface area contributed by atoms with E-state index < -0.39 is 0 Å². The van der Waals surface area contributed by atoms with E-state index in [4.69, 9.17) is 0 Å². The Kier molecular flexibility index (Phi) is 2.58. The molecule has 3 aromatic heterocycles. The number of thiazole rings is 1. The summed E-state index contributed by atoms with van der Waals surface area (Å²) in [6.45, 7) is 0. The van der Waals surface area contributed by atoms with Gasteiger partial charge < -0.3 is 0 Å². The molecule has 4 nitrogen and oxygen atoms in total. The van der Waals surface area contributed by atoms with E-state index in [1.165, 1.54) is 6.33 Å². The second kappa shape index (κ2) is 4.08. The standard InChI is InChI=1S/C9H5BrN4S2/c10-7-2-1-6(16-7)5-3-15-9(13-5)8-11-4-12-14-8/h1-4H,(H,11,12,14). The number of aromatic amines is 1. The van der Waals surface area contributed by atoms with E-state index in [0.29, 0.717) is 5.82 Å². The average Bonchev–Trinajstić information content (AvgIpc) is 2.97. The van der Waals surface area contributed by atoms with Gasteiger partial charge in [0.25, 0.3) is 0 Å². The Morgan fingerprint density at radius 1 is 1.31 bits per heavy atom. The van der Waals surface area contributed by atoms with Crippen molar-refractivity contribution in [3.8, 4) is 21.4 Å². The molecule has 0 bridgehead atoms.